The maximum atomic E-state index is 12.8. The number of anilines is 1. The van der Waals surface area contributed by atoms with Crippen LogP contribution in [0.15, 0.2) is 46.1 Å². The molecule has 1 fully saturated rings. The average Bonchev–Trinajstić information content (AvgIpc) is 3.06. The van der Waals surface area contributed by atoms with Crippen molar-refractivity contribution in [3.05, 3.63) is 51.8 Å². The Morgan fingerprint density at radius 1 is 1.16 bits per heavy atom. The molecule has 0 radical (unpaired) electrons. The van der Waals surface area contributed by atoms with Crippen LogP contribution in [0.3, 0.4) is 0 Å². The van der Waals surface area contributed by atoms with E-state index >= 15 is 0 Å². The number of hydrogen-bond donors (Lipinski definition) is 1. The van der Waals surface area contributed by atoms with Crippen molar-refractivity contribution in [3.63, 3.8) is 0 Å². The summed E-state index contributed by atoms with van der Waals surface area (Å²) in [5.41, 5.74) is 1.33. The van der Waals surface area contributed by atoms with Gasteiger partial charge in [-0.2, -0.15) is 0 Å². The second-order valence-corrected chi connectivity index (χ2v) is 10.3. The van der Waals surface area contributed by atoms with Crippen molar-refractivity contribution < 1.29 is 13.2 Å². The molecule has 3 aromatic rings. The summed E-state index contributed by atoms with van der Waals surface area (Å²) in [6.45, 7) is 3.62. The molecule has 1 saturated heterocycles. The standard InChI is InChI=1S/C21H24N4O4S2/c1-15-6-5-7-19(22-15)23-31(28,29)16-8-9-17-18(14-16)30-21(27)25(17)13-10-20(26)24-11-3-2-4-12-24/h5-9,14H,2-4,10-13H2,1H3,(H,22,23). The summed E-state index contributed by atoms with van der Waals surface area (Å²) in [5.74, 6) is 0.294. The van der Waals surface area contributed by atoms with Crippen LogP contribution in [0, 0.1) is 6.92 Å². The summed E-state index contributed by atoms with van der Waals surface area (Å²) in [6, 6.07) is 9.66. The van der Waals surface area contributed by atoms with E-state index in [4.69, 9.17) is 0 Å². The molecule has 0 spiro atoms. The summed E-state index contributed by atoms with van der Waals surface area (Å²) >= 11 is 0.980. The first kappa shape index (κ1) is 21.5. The molecule has 3 heterocycles. The van der Waals surface area contributed by atoms with Gasteiger partial charge in [-0.05, 0) is 56.5 Å². The SMILES string of the molecule is Cc1cccc(NS(=O)(=O)c2ccc3c(c2)sc(=O)n3CCC(=O)N2CCCCC2)n1. The second kappa shape index (κ2) is 8.80. The molecule has 1 aliphatic rings. The first-order valence-electron chi connectivity index (χ1n) is 10.2. The molecule has 31 heavy (non-hydrogen) atoms. The monoisotopic (exact) mass is 460 g/mol. The number of hydrogen-bond acceptors (Lipinski definition) is 6. The zero-order valence-corrected chi connectivity index (χ0v) is 18.8. The third-order valence-electron chi connectivity index (χ3n) is 5.34. The summed E-state index contributed by atoms with van der Waals surface area (Å²) in [5, 5.41) is 0. The van der Waals surface area contributed by atoms with Crippen molar-refractivity contribution in [1.82, 2.24) is 14.5 Å². The van der Waals surface area contributed by atoms with E-state index in [9.17, 15) is 18.0 Å². The Hall–Kier alpha value is -2.72. The normalized spacial score (nSPS) is 14.7. The van der Waals surface area contributed by atoms with E-state index in [0.29, 0.717) is 15.9 Å². The topological polar surface area (TPSA) is 101 Å². The minimum absolute atomic E-state index is 0.0556. The van der Waals surface area contributed by atoms with E-state index in [2.05, 4.69) is 9.71 Å². The van der Waals surface area contributed by atoms with E-state index in [-0.39, 0.29) is 34.5 Å². The highest BCUT2D eigenvalue weighted by atomic mass is 32.2. The number of piperidine rings is 1. The summed E-state index contributed by atoms with van der Waals surface area (Å²) < 4.78 is 30.1. The Kier molecular flexibility index (Phi) is 6.10. The lowest BCUT2D eigenvalue weighted by Gasteiger charge is -2.26. The fraction of sp³-hybridized carbons (Fsp3) is 0.381. The molecule has 1 amide bonds. The lowest BCUT2D eigenvalue weighted by molar-refractivity contribution is -0.132. The van der Waals surface area contributed by atoms with Crippen molar-refractivity contribution in [3.8, 4) is 0 Å². The number of carbonyl (C=O) groups excluding carboxylic acids is 1. The predicted octanol–water partition coefficient (Wildman–Crippen LogP) is 2.97. The van der Waals surface area contributed by atoms with Gasteiger partial charge in [0.2, 0.25) is 5.91 Å². The molecule has 164 valence electrons. The number of carbonyl (C=O) groups is 1. The summed E-state index contributed by atoms with van der Waals surface area (Å²) in [4.78, 5) is 30.8. The number of thiazole rings is 1. The Balaban J connectivity index is 1.54. The van der Waals surface area contributed by atoms with Crippen LogP contribution in [0.4, 0.5) is 5.82 Å². The van der Waals surface area contributed by atoms with Crippen LogP contribution in [0.25, 0.3) is 10.2 Å². The molecule has 0 atom stereocenters. The van der Waals surface area contributed by atoms with Gasteiger partial charge in [-0.3, -0.25) is 18.9 Å². The number of benzene rings is 1. The fourth-order valence-electron chi connectivity index (χ4n) is 3.73. The molecule has 4 rings (SSSR count). The zero-order chi connectivity index (χ0) is 22.0. The van der Waals surface area contributed by atoms with Gasteiger partial charge in [0.05, 0.1) is 15.1 Å². The van der Waals surface area contributed by atoms with Crippen molar-refractivity contribution in [2.45, 2.75) is 44.0 Å². The molecular formula is C21H24N4O4S2. The quantitative estimate of drug-likeness (QED) is 0.609. The highest BCUT2D eigenvalue weighted by Gasteiger charge is 2.20. The number of aromatic nitrogens is 2. The van der Waals surface area contributed by atoms with Crippen molar-refractivity contribution in [2.24, 2.45) is 0 Å². The molecular weight excluding hydrogens is 436 g/mol. The van der Waals surface area contributed by atoms with Crippen LogP contribution in [-0.4, -0.2) is 41.9 Å². The number of aryl methyl sites for hydroxylation is 2. The first-order chi connectivity index (χ1) is 14.8. The van der Waals surface area contributed by atoms with Gasteiger partial charge in [0.15, 0.2) is 0 Å². The van der Waals surface area contributed by atoms with Crippen LogP contribution in [0.2, 0.25) is 0 Å². The fourth-order valence-corrected chi connectivity index (χ4v) is 5.79. The molecule has 2 aromatic heterocycles. The van der Waals surface area contributed by atoms with Crippen LogP contribution >= 0.6 is 11.3 Å². The van der Waals surface area contributed by atoms with E-state index in [0.717, 1.165) is 43.7 Å². The van der Waals surface area contributed by atoms with E-state index in [1.807, 2.05) is 4.90 Å². The number of fused-ring (bicyclic) bond motifs is 1. The number of amides is 1. The van der Waals surface area contributed by atoms with E-state index in [1.54, 1.807) is 35.8 Å². The van der Waals surface area contributed by atoms with Gasteiger partial charge in [-0.25, -0.2) is 13.4 Å². The maximum Gasteiger partial charge on any atom is 0.308 e. The largest absolute Gasteiger partial charge is 0.343 e. The second-order valence-electron chi connectivity index (χ2n) is 7.61. The van der Waals surface area contributed by atoms with Crippen LogP contribution in [0.1, 0.15) is 31.4 Å². The minimum atomic E-state index is -3.84. The van der Waals surface area contributed by atoms with Crippen molar-refractivity contribution >= 4 is 43.3 Å². The maximum absolute atomic E-state index is 12.8. The van der Waals surface area contributed by atoms with E-state index in [1.165, 1.54) is 12.1 Å². The van der Waals surface area contributed by atoms with E-state index < -0.39 is 10.0 Å². The van der Waals surface area contributed by atoms with Gasteiger partial charge in [-0.1, -0.05) is 17.4 Å². The average molecular weight is 461 g/mol. The molecule has 0 bridgehead atoms. The van der Waals surface area contributed by atoms with Crippen LogP contribution < -0.4 is 9.60 Å². The predicted molar refractivity (Wildman–Crippen MR) is 121 cm³/mol. The third-order valence-corrected chi connectivity index (χ3v) is 7.63. The van der Waals surface area contributed by atoms with Gasteiger partial charge in [0, 0.05) is 31.7 Å². The zero-order valence-electron chi connectivity index (χ0n) is 17.2. The molecule has 0 aliphatic carbocycles. The Morgan fingerprint density at radius 3 is 2.68 bits per heavy atom. The van der Waals surface area contributed by atoms with Crippen LogP contribution in [-0.2, 0) is 21.4 Å². The van der Waals surface area contributed by atoms with Crippen LogP contribution in [0.5, 0.6) is 0 Å². The lowest BCUT2D eigenvalue weighted by Crippen LogP contribution is -2.36. The summed E-state index contributed by atoms with van der Waals surface area (Å²) in [7, 11) is -3.84. The smallest absolute Gasteiger partial charge is 0.308 e. The van der Waals surface area contributed by atoms with Crippen molar-refractivity contribution in [2.75, 3.05) is 17.8 Å². The number of pyridine rings is 1. The molecule has 1 aromatic carbocycles. The highest BCUT2D eigenvalue weighted by Crippen LogP contribution is 2.23. The molecule has 0 unspecified atom stereocenters. The highest BCUT2D eigenvalue weighted by molar-refractivity contribution is 7.92. The summed E-state index contributed by atoms with van der Waals surface area (Å²) in [6.07, 6.45) is 3.46. The number of nitrogens with one attached hydrogen (secondary N) is 1. The Bertz CT molecular complexity index is 1270. The molecule has 0 saturated carbocycles. The van der Waals surface area contributed by atoms with Gasteiger partial charge < -0.3 is 4.90 Å². The lowest BCUT2D eigenvalue weighted by atomic mass is 10.1. The number of rotatable bonds is 6. The first-order valence-corrected chi connectivity index (χ1v) is 12.5. The molecule has 8 nitrogen and oxygen atoms in total. The number of sulfonamides is 1. The number of nitrogens with zero attached hydrogens (tertiary/aromatic N) is 3. The van der Waals surface area contributed by atoms with Gasteiger partial charge in [-0.15, -0.1) is 0 Å². The van der Waals surface area contributed by atoms with Crippen molar-refractivity contribution in [1.29, 1.82) is 0 Å². The van der Waals surface area contributed by atoms with Gasteiger partial charge in [0.25, 0.3) is 10.0 Å². The minimum Gasteiger partial charge on any atom is -0.343 e. The number of likely N-dealkylation sites (tertiary alicyclic amines) is 1. The Morgan fingerprint density at radius 2 is 1.94 bits per heavy atom. The van der Waals surface area contributed by atoms with Gasteiger partial charge >= 0.3 is 4.87 Å². The molecule has 1 aliphatic heterocycles. The van der Waals surface area contributed by atoms with Gasteiger partial charge in [0.1, 0.15) is 5.82 Å². The third kappa shape index (κ3) is 4.80. The molecule has 1 N–H and O–H groups in total. The molecule has 10 heteroatoms. The Labute approximate surface area is 184 Å².